The van der Waals surface area contributed by atoms with Gasteiger partial charge in [-0.3, -0.25) is 10.1 Å². The Balaban J connectivity index is 2.09. The van der Waals surface area contributed by atoms with Crippen LogP contribution in [-0.4, -0.2) is 30.5 Å². The fourth-order valence-corrected chi connectivity index (χ4v) is 1.10. The van der Waals surface area contributed by atoms with Gasteiger partial charge in [0.25, 0.3) is 0 Å². The van der Waals surface area contributed by atoms with Crippen LogP contribution in [0.1, 0.15) is 19.3 Å². The fourth-order valence-electron chi connectivity index (χ4n) is 1.10. The molecule has 1 unspecified atom stereocenters. The van der Waals surface area contributed by atoms with Crippen LogP contribution in [0.2, 0.25) is 0 Å². The average Bonchev–Trinajstić information content (AvgIpc) is 2.03. The number of carboxylic acids is 1. The van der Waals surface area contributed by atoms with E-state index in [0.717, 1.165) is 25.9 Å². The molecule has 0 aliphatic carbocycles. The van der Waals surface area contributed by atoms with E-state index in [1.807, 2.05) is 0 Å². The summed E-state index contributed by atoms with van der Waals surface area (Å²) in [5.74, 6) is -0.834. The molecule has 0 amide bonds. The predicted octanol–water partition coefficient (Wildman–Crippen LogP) is 0.187. The SMILES string of the molecule is O=C(O)CNC1CCCCO1. The lowest BCUT2D eigenvalue weighted by atomic mass is 10.2. The minimum Gasteiger partial charge on any atom is -0.480 e. The Labute approximate surface area is 65.5 Å². The van der Waals surface area contributed by atoms with Crippen LogP contribution in [0.5, 0.6) is 0 Å². The van der Waals surface area contributed by atoms with E-state index >= 15 is 0 Å². The Hall–Kier alpha value is -0.610. The molecule has 1 aliphatic heterocycles. The summed E-state index contributed by atoms with van der Waals surface area (Å²) in [5.41, 5.74) is 0. The normalized spacial score (nSPS) is 24.9. The summed E-state index contributed by atoms with van der Waals surface area (Å²) in [4.78, 5) is 10.1. The third kappa shape index (κ3) is 3.34. The van der Waals surface area contributed by atoms with Crippen molar-refractivity contribution in [1.82, 2.24) is 5.32 Å². The van der Waals surface area contributed by atoms with Gasteiger partial charge in [0.15, 0.2) is 0 Å². The van der Waals surface area contributed by atoms with E-state index in [1.54, 1.807) is 0 Å². The zero-order chi connectivity index (χ0) is 8.10. The van der Waals surface area contributed by atoms with Crippen molar-refractivity contribution < 1.29 is 14.6 Å². The number of carbonyl (C=O) groups is 1. The van der Waals surface area contributed by atoms with Crippen LogP contribution < -0.4 is 5.32 Å². The van der Waals surface area contributed by atoms with Gasteiger partial charge in [-0.15, -0.1) is 0 Å². The quantitative estimate of drug-likeness (QED) is 0.617. The zero-order valence-electron chi connectivity index (χ0n) is 6.38. The molecule has 0 radical (unpaired) electrons. The maximum absolute atomic E-state index is 10.1. The zero-order valence-corrected chi connectivity index (χ0v) is 6.38. The van der Waals surface area contributed by atoms with Crippen LogP contribution in [0.4, 0.5) is 0 Å². The van der Waals surface area contributed by atoms with Crippen molar-refractivity contribution >= 4 is 5.97 Å². The number of ether oxygens (including phenoxy) is 1. The highest BCUT2D eigenvalue weighted by Crippen LogP contribution is 2.09. The summed E-state index contributed by atoms with van der Waals surface area (Å²) in [6.07, 6.45) is 3.09. The lowest BCUT2D eigenvalue weighted by Crippen LogP contribution is -2.37. The van der Waals surface area contributed by atoms with Crippen molar-refractivity contribution in [2.24, 2.45) is 0 Å². The first-order valence-corrected chi connectivity index (χ1v) is 3.86. The molecule has 0 aromatic carbocycles. The van der Waals surface area contributed by atoms with Gasteiger partial charge in [-0.2, -0.15) is 0 Å². The maximum atomic E-state index is 10.1. The Morgan fingerprint density at radius 3 is 3.00 bits per heavy atom. The first-order chi connectivity index (χ1) is 5.29. The van der Waals surface area contributed by atoms with E-state index in [9.17, 15) is 4.79 Å². The lowest BCUT2D eigenvalue weighted by Gasteiger charge is -2.22. The molecule has 0 aromatic rings. The summed E-state index contributed by atoms with van der Waals surface area (Å²) < 4.78 is 5.25. The first kappa shape index (κ1) is 8.49. The van der Waals surface area contributed by atoms with E-state index < -0.39 is 5.97 Å². The first-order valence-electron chi connectivity index (χ1n) is 3.86. The largest absolute Gasteiger partial charge is 0.480 e. The van der Waals surface area contributed by atoms with E-state index in [2.05, 4.69) is 5.32 Å². The van der Waals surface area contributed by atoms with Gasteiger partial charge in [0.1, 0.15) is 6.23 Å². The van der Waals surface area contributed by atoms with Crippen molar-refractivity contribution in [3.8, 4) is 0 Å². The molecule has 0 spiro atoms. The Bertz CT molecular complexity index is 132. The summed E-state index contributed by atoms with van der Waals surface area (Å²) in [7, 11) is 0. The van der Waals surface area contributed by atoms with Gasteiger partial charge in [0.2, 0.25) is 0 Å². The molecular weight excluding hydrogens is 146 g/mol. The topological polar surface area (TPSA) is 58.6 Å². The summed E-state index contributed by atoms with van der Waals surface area (Å²) >= 11 is 0. The summed E-state index contributed by atoms with van der Waals surface area (Å²) in [6.45, 7) is 0.738. The lowest BCUT2D eigenvalue weighted by molar-refractivity contribution is -0.137. The summed E-state index contributed by atoms with van der Waals surface area (Å²) in [5, 5.41) is 11.1. The highest BCUT2D eigenvalue weighted by molar-refractivity contribution is 5.69. The molecule has 4 nitrogen and oxygen atoms in total. The summed E-state index contributed by atoms with van der Waals surface area (Å²) in [6, 6.07) is 0. The predicted molar refractivity (Wildman–Crippen MR) is 39.2 cm³/mol. The second kappa shape index (κ2) is 4.31. The van der Waals surface area contributed by atoms with Crippen LogP contribution in [0.3, 0.4) is 0 Å². The molecule has 1 aliphatic rings. The van der Waals surface area contributed by atoms with Crippen LogP contribution in [0.25, 0.3) is 0 Å². The van der Waals surface area contributed by atoms with Crippen LogP contribution in [0, 0.1) is 0 Å². The van der Waals surface area contributed by atoms with Crippen molar-refractivity contribution in [1.29, 1.82) is 0 Å². The number of hydrogen-bond donors (Lipinski definition) is 2. The molecule has 4 heteroatoms. The van der Waals surface area contributed by atoms with Gasteiger partial charge in [-0.05, 0) is 19.3 Å². The monoisotopic (exact) mass is 159 g/mol. The second-order valence-electron chi connectivity index (χ2n) is 2.63. The van der Waals surface area contributed by atoms with Crippen LogP contribution >= 0.6 is 0 Å². The van der Waals surface area contributed by atoms with Gasteiger partial charge in [0.05, 0.1) is 6.54 Å². The fraction of sp³-hybridized carbons (Fsp3) is 0.857. The average molecular weight is 159 g/mol. The minimum atomic E-state index is -0.834. The van der Waals surface area contributed by atoms with Crippen molar-refractivity contribution in [3.63, 3.8) is 0 Å². The Morgan fingerprint density at radius 1 is 1.64 bits per heavy atom. The maximum Gasteiger partial charge on any atom is 0.317 e. The number of nitrogens with one attached hydrogen (secondary N) is 1. The van der Waals surface area contributed by atoms with Crippen molar-refractivity contribution in [2.75, 3.05) is 13.2 Å². The van der Waals surface area contributed by atoms with Crippen LogP contribution in [0.15, 0.2) is 0 Å². The smallest absolute Gasteiger partial charge is 0.317 e. The standard InChI is InChI=1S/C7H13NO3/c9-7(10)5-8-6-3-1-2-4-11-6/h6,8H,1-5H2,(H,9,10). The van der Waals surface area contributed by atoms with Crippen molar-refractivity contribution in [2.45, 2.75) is 25.5 Å². The number of carboxylic acid groups (broad SMARTS) is 1. The number of aliphatic carboxylic acids is 1. The van der Waals surface area contributed by atoms with Gasteiger partial charge in [-0.1, -0.05) is 0 Å². The third-order valence-corrected chi connectivity index (χ3v) is 1.66. The molecule has 1 saturated heterocycles. The molecule has 1 atom stereocenters. The molecule has 0 saturated carbocycles. The molecule has 11 heavy (non-hydrogen) atoms. The van der Waals surface area contributed by atoms with Crippen molar-refractivity contribution in [3.05, 3.63) is 0 Å². The molecule has 64 valence electrons. The second-order valence-corrected chi connectivity index (χ2v) is 2.63. The number of rotatable bonds is 3. The van der Waals surface area contributed by atoms with E-state index in [1.165, 1.54) is 0 Å². The molecular formula is C7H13NO3. The highest BCUT2D eigenvalue weighted by Gasteiger charge is 2.13. The van der Waals surface area contributed by atoms with Gasteiger partial charge in [-0.25, -0.2) is 0 Å². The van der Waals surface area contributed by atoms with Gasteiger partial charge >= 0.3 is 5.97 Å². The van der Waals surface area contributed by atoms with E-state index in [-0.39, 0.29) is 12.8 Å². The minimum absolute atomic E-state index is 0.00926. The third-order valence-electron chi connectivity index (χ3n) is 1.66. The molecule has 1 rings (SSSR count). The van der Waals surface area contributed by atoms with E-state index in [4.69, 9.17) is 9.84 Å². The molecule has 0 bridgehead atoms. The highest BCUT2D eigenvalue weighted by atomic mass is 16.5. The molecule has 1 fully saturated rings. The van der Waals surface area contributed by atoms with Gasteiger partial charge in [0, 0.05) is 6.61 Å². The Morgan fingerprint density at radius 2 is 2.45 bits per heavy atom. The Kier molecular flexibility index (Phi) is 3.32. The number of hydrogen-bond acceptors (Lipinski definition) is 3. The molecule has 1 heterocycles. The molecule has 0 aromatic heterocycles. The molecule has 2 N–H and O–H groups in total. The van der Waals surface area contributed by atoms with Crippen LogP contribution in [-0.2, 0) is 9.53 Å². The van der Waals surface area contributed by atoms with Gasteiger partial charge < -0.3 is 9.84 Å². The van der Waals surface area contributed by atoms with E-state index in [0.29, 0.717) is 0 Å².